The van der Waals surface area contributed by atoms with E-state index in [-0.39, 0.29) is 5.78 Å². The van der Waals surface area contributed by atoms with Gasteiger partial charge in [0.15, 0.2) is 0 Å². The molecular weight excluding hydrogens is 370 g/mol. The number of nitrogens with zero attached hydrogens (tertiary/aromatic N) is 3. The van der Waals surface area contributed by atoms with Crippen LogP contribution in [-0.4, -0.2) is 20.7 Å². The van der Waals surface area contributed by atoms with Crippen LogP contribution in [0.15, 0.2) is 79.1 Å². The number of carbonyl (C=O) groups excluding carboxylic acids is 1. The smallest absolute Gasteiger partial charge is 0.214 e. The summed E-state index contributed by atoms with van der Waals surface area (Å²) in [6.45, 7) is 0. The maximum Gasteiger partial charge on any atom is 0.214 e. The highest BCUT2D eigenvalue weighted by Crippen LogP contribution is 2.38. The molecule has 0 saturated heterocycles. The van der Waals surface area contributed by atoms with Gasteiger partial charge in [-0.25, -0.2) is 4.98 Å². The van der Waals surface area contributed by atoms with Gasteiger partial charge in [-0.2, -0.15) is 0 Å². The van der Waals surface area contributed by atoms with Crippen LogP contribution in [0, 0.1) is 0 Å². The monoisotopic (exact) mass is 385 g/mol. The fourth-order valence-corrected chi connectivity index (χ4v) is 4.08. The van der Waals surface area contributed by atoms with Crippen molar-refractivity contribution < 1.29 is 4.79 Å². The van der Waals surface area contributed by atoms with Gasteiger partial charge in [-0.1, -0.05) is 54.6 Å². The Hall–Kier alpha value is -4.18. The molecule has 3 heterocycles. The summed E-state index contributed by atoms with van der Waals surface area (Å²) in [5, 5.41) is 2.76. The van der Waals surface area contributed by atoms with E-state index in [1.165, 1.54) is 0 Å². The third kappa shape index (κ3) is 2.47. The summed E-state index contributed by atoms with van der Waals surface area (Å²) < 4.78 is 0. The second-order valence-corrected chi connectivity index (χ2v) is 7.29. The van der Waals surface area contributed by atoms with Gasteiger partial charge in [-0.3, -0.25) is 14.8 Å². The summed E-state index contributed by atoms with van der Waals surface area (Å²) in [5.74, 6) is -0.101. The van der Waals surface area contributed by atoms with E-state index >= 15 is 0 Å². The Morgan fingerprint density at radius 2 is 1.50 bits per heavy atom. The van der Waals surface area contributed by atoms with E-state index in [0.29, 0.717) is 17.0 Å². The first-order valence-electron chi connectivity index (χ1n) is 9.75. The van der Waals surface area contributed by atoms with Gasteiger partial charge in [0.2, 0.25) is 5.78 Å². The van der Waals surface area contributed by atoms with Gasteiger partial charge >= 0.3 is 0 Å². The van der Waals surface area contributed by atoms with E-state index in [4.69, 9.17) is 4.98 Å². The maximum absolute atomic E-state index is 13.2. The highest BCUT2D eigenvalue weighted by molar-refractivity contribution is 6.27. The lowest BCUT2D eigenvalue weighted by atomic mass is 9.90. The van der Waals surface area contributed by atoms with Crippen LogP contribution in [0.2, 0.25) is 0 Å². The zero-order chi connectivity index (χ0) is 20.1. The number of carbonyl (C=O) groups is 1. The van der Waals surface area contributed by atoms with Crippen LogP contribution in [0.3, 0.4) is 0 Å². The van der Waals surface area contributed by atoms with Crippen LogP contribution in [0.25, 0.3) is 45.2 Å². The molecule has 30 heavy (non-hydrogen) atoms. The van der Waals surface area contributed by atoms with Gasteiger partial charge in [0, 0.05) is 23.2 Å². The zero-order valence-corrected chi connectivity index (χ0v) is 15.9. The van der Waals surface area contributed by atoms with Crippen molar-refractivity contribution in [3.05, 3.63) is 102 Å². The Balaban J connectivity index is 1.58. The molecule has 0 saturated carbocycles. The van der Waals surface area contributed by atoms with Crippen LogP contribution in [0.4, 0.5) is 0 Å². The Kier molecular flexibility index (Phi) is 3.59. The van der Waals surface area contributed by atoms with Crippen molar-refractivity contribution in [3.63, 3.8) is 0 Å². The van der Waals surface area contributed by atoms with Gasteiger partial charge < -0.3 is 0 Å². The Morgan fingerprint density at radius 1 is 0.667 bits per heavy atom. The SMILES string of the molecule is O=C1c2cccnc2-c2nccc3c2c1nc1cc(/C=C/c2ccccc2)ccc13. The zero-order valence-electron chi connectivity index (χ0n) is 15.9. The van der Waals surface area contributed by atoms with E-state index in [0.717, 1.165) is 38.5 Å². The van der Waals surface area contributed by atoms with E-state index in [1.54, 1.807) is 24.5 Å². The predicted molar refractivity (Wildman–Crippen MR) is 119 cm³/mol. The summed E-state index contributed by atoms with van der Waals surface area (Å²) in [6, 6.07) is 21.8. The van der Waals surface area contributed by atoms with Crippen LogP contribution in [0.1, 0.15) is 27.2 Å². The lowest BCUT2D eigenvalue weighted by Gasteiger charge is -2.18. The second kappa shape index (κ2) is 6.42. The molecule has 0 aliphatic heterocycles. The molecule has 0 bridgehead atoms. The molecule has 5 aromatic rings. The molecule has 4 nitrogen and oxygen atoms in total. The quantitative estimate of drug-likeness (QED) is 0.289. The lowest BCUT2D eigenvalue weighted by molar-refractivity contribution is 0.103. The van der Waals surface area contributed by atoms with Crippen LogP contribution < -0.4 is 0 Å². The van der Waals surface area contributed by atoms with Crippen LogP contribution >= 0.6 is 0 Å². The molecule has 140 valence electrons. The average Bonchev–Trinajstić information content (AvgIpc) is 2.81. The molecule has 2 aromatic carbocycles. The Bertz CT molecular complexity index is 1500. The van der Waals surface area contributed by atoms with E-state index in [9.17, 15) is 4.79 Å². The highest BCUT2D eigenvalue weighted by atomic mass is 16.1. The van der Waals surface area contributed by atoms with E-state index in [1.807, 2.05) is 30.3 Å². The highest BCUT2D eigenvalue weighted by Gasteiger charge is 2.29. The van der Waals surface area contributed by atoms with Gasteiger partial charge in [-0.05, 0) is 40.8 Å². The standard InChI is InChI=1S/C26H15N3O/c30-26-20-7-4-13-27-23(20)24-22-19(12-14-28-24)18-11-10-17(15-21(18)29-25(22)26)9-8-16-5-2-1-3-6-16/h1-15H/b9-8+. The number of ketones is 1. The Morgan fingerprint density at radius 3 is 2.40 bits per heavy atom. The molecule has 0 N–H and O–H groups in total. The number of pyridine rings is 3. The van der Waals surface area contributed by atoms with Crippen molar-refractivity contribution >= 4 is 39.6 Å². The summed E-state index contributed by atoms with van der Waals surface area (Å²) >= 11 is 0. The second-order valence-electron chi connectivity index (χ2n) is 7.29. The molecule has 1 aliphatic rings. The van der Waals surface area contributed by atoms with Crippen molar-refractivity contribution in [2.24, 2.45) is 0 Å². The number of aromatic nitrogens is 3. The van der Waals surface area contributed by atoms with Gasteiger partial charge in [0.05, 0.1) is 16.8 Å². The van der Waals surface area contributed by atoms with Gasteiger partial charge in [0.25, 0.3) is 0 Å². The average molecular weight is 385 g/mol. The Labute approximate surface area is 172 Å². The summed E-state index contributed by atoms with van der Waals surface area (Å²) in [6.07, 6.45) is 7.60. The first-order valence-corrected chi connectivity index (χ1v) is 9.75. The maximum atomic E-state index is 13.2. The minimum atomic E-state index is -0.101. The third-order valence-electron chi connectivity index (χ3n) is 5.49. The lowest BCUT2D eigenvalue weighted by Crippen LogP contribution is -2.14. The van der Waals surface area contributed by atoms with Crippen molar-refractivity contribution in [1.29, 1.82) is 0 Å². The molecule has 0 unspecified atom stereocenters. The van der Waals surface area contributed by atoms with Crippen LogP contribution in [-0.2, 0) is 0 Å². The summed E-state index contributed by atoms with van der Waals surface area (Å²) in [4.78, 5) is 26.9. The van der Waals surface area contributed by atoms with Gasteiger partial charge in [0.1, 0.15) is 11.4 Å². The molecule has 3 aromatic heterocycles. The minimum Gasteiger partial charge on any atom is -0.287 e. The normalized spacial score (nSPS) is 12.6. The molecule has 4 heteroatoms. The van der Waals surface area contributed by atoms with Crippen molar-refractivity contribution in [1.82, 2.24) is 15.0 Å². The molecule has 1 aliphatic carbocycles. The molecule has 0 spiro atoms. The van der Waals surface area contributed by atoms with E-state index < -0.39 is 0 Å². The summed E-state index contributed by atoms with van der Waals surface area (Å²) in [7, 11) is 0. The van der Waals surface area contributed by atoms with Gasteiger partial charge in [-0.15, -0.1) is 0 Å². The molecule has 0 amide bonds. The number of hydrogen-bond acceptors (Lipinski definition) is 4. The fraction of sp³-hybridized carbons (Fsp3) is 0. The number of hydrogen-bond donors (Lipinski definition) is 0. The molecular formula is C26H15N3O. The minimum absolute atomic E-state index is 0.101. The topological polar surface area (TPSA) is 55.7 Å². The van der Waals surface area contributed by atoms with Crippen molar-refractivity contribution in [3.8, 4) is 11.4 Å². The first-order chi connectivity index (χ1) is 14.8. The van der Waals surface area contributed by atoms with E-state index in [2.05, 4.69) is 46.4 Å². The first kappa shape index (κ1) is 16.7. The number of fused-ring (bicyclic) bond motifs is 4. The third-order valence-corrected chi connectivity index (χ3v) is 5.49. The number of benzene rings is 2. The summed E-state index contributed by atoms with van der Waals surface area (Å²) in [5.41, 5.74) is 5.32. The van der Waals surface area contributed by atoms with Crippen LogP contribution in [0.5, 0.6) is 0 Å². The molecule has 0 radical (unpaired) electrons. The molecule has 0 atom stereocenters. The van der Waals surface area contributed by atoms with Crippen molar-refractivity contribution in [2.75, 3.05) is 0 Å². The fourth-order valence-electron chi connectivity index (χ4n) is 4.08. The van der Waals surface area contributed by atoms with Crippen molar-refractivity contribution in [2.45, 2.75) is 0 Å². The predicted octanol–water partition coefficient (Wildman–Crippen LogP) is 5.56. The number of rotatable bonds is 2. The molecule has 0 fully saturated rings. The molecule has 6 rings (SSSR count). The largest absolute Gasteiger partial charge is 0.287 e.